The van der Waals surface area contributed by atoms with Crippen LogP contribution in [0.15, 0.2) is 0 Å². The summed E-state index contributed by atoms with van der Waals surface area (Å²) < 4.78 is 0. The molecular formula is C11H18O. The molecule has 3 fully saturated rings. The van der Waals surface area contributed by atoms with Crippen molar-refractivity contribution in [1.82, 2.24) is 0 Å². The van der Waals surface area contributed by atoms with E-state index in [1.807, 2.05) is 0 Å². The molecule has 3 rings (SSSR count). The van der Waals surface area contributed by atoms with Crippen molar-refractivity contribution in [3.05, 3.63) is 0 Å². The lowest BCUT2D eigenvalue weighted by Gasteiger charge is -2.61. The second-order valence-corrected chi connectivity index (χ2v) is 5.26. The molecule has 2 bridgehead atoms. The van der Waals surface area contributed by atoms with Crippen molar-refractivity contribution in [2.45, 2.75) is 33.6 Å². The summed E-state index contributed by atoms with van der Waals surface area (Å²) in [5.41, 5.74) is 0.527. The molecule has 0 amide bonds. The molecule has 1 heteroatoms. The predicted molar refractivity (Wildman–Crippen MR) is 48.7 cm³/mol. The number of fused-ring (bicyclic) bond motifs is 2. The Kier molecular flexibility index (Phi) is 1.61. The molecular weight excluding hydrogens is 148 g/mol. The topological polar surface area (TPSA) is 17.1 Å². The number of carbonyl (C=O) groups is 1. The minimum atomic E-state index is 0.363. The van der Waals surface area contributed by atoms with Gasteiger partial charge in [0.25, 0.3) is 0 Å². The van der Waals surface area contributed by atoms with Gasteiger partial charge in [-0.2, -0.15) is 0 Å². The Bertz CT molecular complexity index is 207. The Morgan fingerprint density at radius 2 is 2.00 bits per heavy atom. The minimum Gasteiger partial charge on any atom is -0.303 e. The molecule has 4 atom stereocenters. The SMILES string of the molecule is C[C@@H]1[C@@H](C=O)C[C@@H]2C[C@@H]1C2(C)C. The number of hydrogen-bond donors (Lipinski definition) is 0. The molecule has 0 saturated heterocycles. The van der Waals surface area contributed by atoms with Gasteiger partial charge in [0.1, 0.15) is 6.29 Å². The summed E-state index contributed by atoms with van der Waals surface area (Å²) in [7, 11) is 0. The molecule has 0 heterocycles. The van der Waals surface area contributed by atoms with Gasteiger partial charge >= 0.3 is 0 Å². The molecule has 0 aromatic carbocycles. The van der Waals surface area contributed by atoms with E-state index < -0.39 is 0 Å². The summed E-state index contributed by atoms with van der Waals surface area (Å²) in [6.45, 7) is 6.98. The summed E-state index contributed by atoms with van der Waals surface area (Å²) in [6.07, 6.45) is 3.70. The third kappa shape index (κ3) is 0.826. The summed E-state index contributed by atoms with van der Waals surface area (Å²) in [4.78, 5) is 10.7. The molecule has 12 heavy (non-hydrogen) atoms. The van der Waals surface area contributed by atoms with Gasteiger partial charge in [0.2, 0.25) is 0 Å². The van der Waals surface area contributed by atoms with Crippen LogP contribution in [0.5, 0.6) is 0 Å². The van der Waals surface area contributed by atoms with E-state index in [9.17, 15) is 4.79 Å². The third-order valence-corrected chi connectivity index (χ3v) is 4.59. The van der Waals surface area contributed by atoms with E-state index in [4.69, 9.17) is 0 Å². The fourth-order valence-electron chi connectivity index (χ4n) is 3.37. The molecule has 0 aliphatic heterocycles. The highest BCUT2D eigenvalue weighted by Gasteiger charge is 2.55. The molecule has 3 aliphatic carbocycles. The van der Waals surface area contributed by atoms with Gasteiger partial charge < -0.3 is 4.79 Å². The molecule has 0 aromatic heterocycles. The van der Waals surface area contributed by atoms with Crippen molar-refractivity contribution in [3.8, 4) is 0 Å². The lowest BCUT2D eigenvalue weighted by molar-refractivity contribution is -0.142. The number of hydrogen-bond acceptors (Lipinski definition) is 1. The van der Waals surface area contributed by atoms with E-state index >= 15 is 0 Å². The second-order valence-electron chi connectivity index (χ2n) is 5.26. The summed E-state index contributed by atoms with van der Waals surface area (Å²) in [5, 5.41) is 0. The minimum absolute atomic E-state index is 0.363. The van der Waals surface area contributed by atoms with Gasteiger partial charge in [-0.05, 0) is 36.0 Å². The van der Waals surface area contributed by atoms with Crippen LogP contribution >= 0.6 is 0 Å². The van der Waals surface area contributed by atoms with Crippen LogP contribution in [0, 0.1) is 29.1 Å². The maximum absolute atomic E-state index is 10.7. The Balaban J connectivity index is 2.16. The summed E-state index contributed by atoms with van der Waals surface area (Å²) in [6, 6.07) is 0. The van der Waals surface area contributed by atoms with E-state index in [-0.39, 0.29) is 0 Å². The first-order valence-corrected chi connectivity index (χ1v) is 5.02. The van der Waals surface area contributed by atoms with Gasteiger partial charge in [0.05, 0.1) is 0 Å². The van der Waals surface area contributed by atoms with Gasteiger partial charge in [0, 0.05) is 5.92 Å². The molecule has 3 saturated carbocycles. The van der Waals surface area contributed by atoms with E-state index in [0.717, 1.165) is 18.3 Å². The van der Waals surface area contributed by atoms with Gasteiger partial charge in [-0.25, -0.2) is 0 Å². The van der Waals surface area contributed by atoms with Gasteiger partial charge in [-0.1, -0.05) is 20.8 Å². The van der Waals surface area contributed by atoms with Crippen molar-refractivity contribution in [1.29, 1.82) is 0 Å². The quantitative estimate of drug-likeness (QED) is 0.547. The summed E-state index contributed by atoms with van der Waals surface area (Å²) >= 11 is 0. The van der Waals surface area contributed by atoms with Crippen molar-refractivity contribution in [3.63, 3.8) is 0 Å². The monoisotopic (exact) mass is 166 g/mol. The fourth-order valence-corrected chi connectivity index (χ4v) is 3.37. The van der Waals surface area contributed by atoms with Crippen LogP contribution in [0.2, 0.25) is 0 Å². The summed E-state index contributed by atoms with van der Waals surface area (Å²) in [5.74, 6) is 2.63. The average Bonchev–Trinajstić information content (AvgIpc) is 2.03. The van der Waals surface area contributed by atoms with Crippen LogP contribution in [-0.4, -0.2) is 6.29 Å². The first-order valence-electron chi connectivity index (χ1n) is 5.02. The maximum atomic E-state index is 10.7. The second kappa shape index (κ2) is 2.34. The Labute approximate surface area is 74.5 Å². The Morgan fingerprint density at radius 3 is 2.42 bits per heavy atom. The zero-order valence-corrected chi connectivity index (χ0v) is 8.21. The third-order valence-electron chi connectivity index (χ3n) is 4.59. The van der Waals surface area contributed by atoms with Crippen molar-refractivity contribution >= 4 is 6.29 Å². The molecule has 0 radical (unpaired) electrons. The Morgan fingerprint density at radius 1 is 1.33 bits per heavy atom. The predicted octanol–water partition coefficient (Wildman–Crippen LogP) is 2.50. The van der Waals surface area contributed by atoms with Crippen molar-refractivity contribution in [2.75, 3.05) is 0 Å². The van der Waals surface area contributed by atoms with E-state index in [1.165, 1.54) is 12.7 Å². The first kappa shape index (κ1) is 8.28. The van der Waals surface area contributed by atoms with Crippen LogP contribution in [0.3, 0.4) is 0 Å². The van der Waals surface area contributed by atoms with E-state index in [2.05, 4.69) is 20.8 Å². The van der Waals surface area contributed by atoms with Crippen molar-refractivity contribution < 1.29 is 4.79 Å². The molecule has 68 valence electrons. The van der Waals surface area contributed by atoms with Crippen molar-refractivity contribution in [2.24, 2.45) is 29.1 Å². The molecule has 1 nitrogen and oxygen atoms in total. The maximum Gasteiger partial charge on any atom is 0.123 e. The number of carbonyl (C=O) groups excluding carboxylic acids is 1. The lowest BCUT2D eigenvalue weighted by atomic mass is 9.44. The van der Waals surface area contributed by atoms with Crippen LogP contribution < -0.4 is 0 Å². The van der Waals surface area contributed by atoms with Crippen LogP contribution in [0.25, 0.3) is 0 Å². The van der Waals surface area contributed by atoms with E-state index in [0.29, 0.717) is 17.3 Å². The molecule has 0 N–H and O–H groups in total. The Hall–Kier alpha value is -0.330. The van der Waals surface area contributed by atoms with Crippen LogP contribution in [-0.2, 0) is 4.79 Å². The number of rotatable bonds is 1. The first-order chi connectivity index (χ1) is 5.57. The van der Waals surface area contributed by atoms with Gasteiger partial charge in [-0.15, -0.1) is 0 Å². The highest BCUT2D eigenvalue weighted by Crippen LogP contribution is 2.62. The smallest absolute Gasteiger partial charge is 0.123 e. The largest absolute Gasteiger partial charge is 0.303 e. The lowest BCUT2D eigenvalue weighted by Crippen LogP contribution is -2.55. The zero-order chi connectivity index (χ0) is 8.93. The van der Waals surface area contributed by atoms with E-state index in [1.54, 1.807) is 0 Å². The highest BCUT2D eigenvalue weighted by molar-refractivity contribution is 5.55. The molecule has 0 aromatic rings. The highest BCUT2D eigenvalue weighted by atomic mass is 16.1. The fraction of sp³-hybridized carbons (Fsp3) is 0.909. The molecule has 0 spiro atoms. The standard InChI is InChI=1S/C11H18O/c1-7-8(6-12)4-9-5-10(7)11(9,2)3/h6-10H,4-5H2,1-3H3/t7-,8-,9-,10+/m1/s1. The van der Waals surface area contributed by atoms with Crippen LogP contribution in [0.1, 0.15) is 33.6 Å². The number of aldehydes is 1. The van der Waals surface area contributed by atoms with Gasteiger partial charge in [-0.3, -0.25) is 0 Å². The zero-order valence-electron chi connectivity index (χ0n) is 8.21. The van der Waals surface area contributed by atoms with Gasteiger partial charge in [0.15, 0.2) is 0 Å². The molecule has 0 unspecified atom stereocenters. The normalized spacial score (nSPS) is 49.6. The average molecular weight is 166 g/mol. The van der Waals surface area contributed by atoms with Crippen LogP contribution in [0.4, 0.5) is 0 Å². The molecule has 3 aliphatic rings.